The van der Waals surface area contributed by atoms with Crippen molar-refractivity contribution >= 4 is 65.0 Å². The third-order valence-electron chi connectivity index (χ3n) is 0. The minimum Gasteiger partial charge on any atom is 2.00 e. The van der Waals surface area contributed by atoms with Crippen molar-refractivity contribution < 1.29 is 10.2 Å². The van der Waals surface area contributed by atoms with Crippen LogP contribution in [0, 0.1) is 30.6 Å². The SMILES string of the molecule is O=[N+]([O-])[O-].O=[N+]([O-])[O-].[CaH2].[Pb+2]. The van der Waals surface area contributed by atoms with E-state index in [4.69, 9.17) is 30.6 Å². The zero-order chi connectivity index (χ0) is 7.15. The molecule has 0 saturated heterocycles. The smallest absolute Gasteiger partial charge is 2.00 e. The number of hydrogen-bond acceptors (Lipinski definition) is 6. The summed E-state index contributed by atoms with van der Waals surface area (Å²) in [5.74, 6) is 0. The van der Waals surface area contributed by atoms with Crippen molar-refractivity contribution in [1.29, 1.82) is 0 Å². The molecule has 0 unspecified atom stereocenters. The van der Waals surface area contributed by atoms with Gasteiger partial charge in [-0.2, -0.15) is 0 Å². The van der Waals surface area contributed by atoms with Gasteiger partial charge in [0, 0.05) is 0 Å². The van der Waals surface area contributed by atoms with Crippen LogP contribution in [0.15, 0.2) is 0 Å². The summed E-state index contributed by atoms with van der Waals surface area (Å²) in [5.41, 5.74) is 0. The predicted octanol–water partition coefficient (Wildman–Crippen LogP) is -1.78. The molecule has 0 aromatic carbocycles. The molecule has 0 aliphatic rings. The van der Waals surface area contributed by atoms with Crippen molar-refractivity contribution in [2.45, 2.75) is 0 Å². The monoisotopic (exact) mass is 374 g/mol. The summed E-state index contributed by atoms with van der Waals surface area (Å²) >= 11 is 0. The molecule has 2 radical (unpaired) electrons. The van der Waals surface area contributed by atoms with E-state index < -0.39 is 10.2 Å². The van der Waals surface area contributed by atoms with Gasteiger partial charge in [0.15, 0.2) is 0 Å². The molecular formula is H2CaN2O6Pb. The topological polar surface area (TPSA) is 132 Å². The van der Waals surface area contributed by atoms with E-state index in [0.29, 0.717) is 0 Å². The normalized spacial score (nSPS) is 4.80. The standard InChI is InChI=1S/Ca.2NO3.Pb.2H/c;2*2-1(3)4;;;/q;2*-1;+2;;. The molecule has 0 N–H and O–H groups in total. The number of hydrogen-bond donors (Lipinski definition) is 0. The molecular weight excluding hydrogens is 371 g/mol. The molecule has 0 fully saturated rings. The van der Waals surface area contributed by atoms with E-state index in [2.05, 4.69) is 0 Å². The molecule has 0 spiro atoms. The van der Waals surface area contributed by atoms with E-state index in [0.717, 1.165) is 0 Å². The fourth-order valence-electron chi connectivity index (χ4n) is 0. The van der Waals surface area contributed by atoms with Crippen LogP contribution in [0.4, 0.5) is 0 Å². The average Bonchev–Trinajstić information content (AvgIpc) is 1.25. The molecule has 0 bridgehead atoms. The molecule has 0 rings (SSSR count). The second-order valence-corrected chi connectivity index (χ2v) is 0.447. The quantitative estimate of drug-likeness (QED) is 0.280. The number of rotatable bonds is 0. The molecule has 10 heteroatoms. The van der Waals surface area contributed by atoms with E-state index in [1.54, 1.807) is 0 Å². The van der Waals surface area contributed by atoms with Crippen LogP contribution >= 0.6 is 0 Å². The average molecular weight is 373 g/mol. The largest absolute Gasteiger partial charge is 2.00 e. The van der Waals surface area contributed by atoms with Gasteiger partial charge in [-0.15, -0.1) is 0 Å². The maximum Gasteiger partial charge on any atom is 2.00 e. The fourth-order valence-corrected chi connectivity index (χ4v) is 0. The van der Waals surface area contributed by atoms with Gasteiger partial charge < -0.3 is 30.6 Å². The van der Waals surface area contributed by atoms with Crippen molar-refractivity contribution in [3.63, 3.8) is 0 Å². The van der Waals surface area contributed by atoms with Crippen molar-refractivity contribution in [2.24, 2.45) is 0 Å². The first-order valence-electron chi connectivity index (χ1n) is 1.10. The van der Waals surface area contributed by atoms with Gasteiger partial charge in [-0.25, -0.2) is 0 Å². The van der Waals surface area contributed by atoms with Crippen LogP contribution < -0.4 is 0 Å². The first-order chi connectivity index (χ1) is 3.46. The van der Waals surface area contributed by atoms with Crippen molar-refractivity contribution in [1.82, 2.24) is 0 Å². The molecule has 10 heavy (non-hydrogen) atoms. The van der Waals surface area contributed by atoms with E-state index in [9.17, 15) is 0 Å². The van der Waals surface area contributed by atoms with E-state index in [-0.39, 0.29) is 65.0 Å². The van der Waals surface area contributed by atoms with Crippen LogP contribution in [0.1, 0.15) is 0 Å². The van der Waals surface area contributed by atoms with Gasteiger partial charge >= 0.3 is 65.0 Å². The zero-order valence-corrected chi connectivity index (χ0v) is 7.73. The molecule has 8 nitrogen and oxygen atoms in total. The maximum atomic E-state index is 8.25. The van der Waals surface area contributed by atoms with Gasteiger partial charge in [0.25, 0.3) is 0 Å². The Morgan fingerprint density at radius 2 is 0.800 bits per heavy atom. The van der Waals surface area contributed by atoms with Crippen LogP contribution in [-0.4, -0.2) is 75.2 Å². The summed E-state index contributed by atoms with van der Waals surface area (Å²) in [6.45, 7) is 0. The molecule has 0 amide bonds. The van der Waals surface area contributed by atoms with Crippen LogP contribution in [0.3, 0.4) is 0 Å². The molecule has 54 valence electrons. The van der Waals surface area contributed by atoms with Crippen LogP contribution in [-0.2, 0) is 0 Å². The van der Waals surface area contributed by atoms with Crippen molar-refractivity contribution in [3.05, 3.63) is 30.6 Å². The van der Waals surface area contributed by atoms with E-state index >= 15 is 0 Å². The van der Waals surface area contributed by atoms with Crippen LogP contribution in [0.2, 0.25) is 0 Å². The van der Waals surface area contributed by atoms with Crippen molar-refractivity contribution in [2.75, 3.05) is 0 Å². The van der Waals surface area contributed by atoms with Gasteiger partial charge in [0.2, 0.25) is 0 Å². The Morgan fingerprint density at radius 3 is 0.800 bits per heavy atom. The maximum absolute atomic E-state index is 8.25. The molecule has 0 heterocycles. The van der Waals surface area contributed by atoms with Gasteiger partial charge in [0.05, 0.1) is 10.2 Å². The Labute approximate surface area is 105 Å². The summed E-state index contributed by atoms with van der Waals surface area (Å²) in [4.78, 5) is 16.5. The molecule has 0 aliphatic heterocycles. The van der Waals surface area contributed by atoms with Crippen LogP contribution in [0.25, 0.3) is 0 Å². The Balaban J connectivity index is -0.0000000300. The van der Waals surface area contributed by atoms with E-state index in [1.807, 2.05) is 0 Å². The van der Waals surface area contributed by atoms with Gasteiger partial charge in [0.1, 0.15) is 0 Å². The van der Waals surface area contributed by atoms with Gasteiger partial charge in [-0.1, -0.05) is 0 Å². The van der Waals surface area contributed by atoms with Crippen molar-refractivity contribution in [3.8, 4) is 0 Å². The Morgan fingerprint density at radius 1 is 0.800 bits per heavy atom. The summed E-state index contributed by atoms with van der Waals surface area (Å²) < 4.78 is 0. The number of nitrogens with zero attached hydrogens (tertiary/aromatic N) is 2. The third-order valence-corrected chi connectivity index (χ3v) is 0. The minimum absolute atomic E-state index is 0. The summed E-state index contributed by atoms with van der Waals surface area (Å²) in [7, 11) is 0. The summed E-state index contributed by atoms with van der Waals surface area (Å²) in [5, 5.41) is 29.5. The Kier molecular flexibility index (Phi) is 36.5. The van der Waals surface area contributed by atoms with Gasteiger partial charge in [-0.05, 0) is 0 Å². The predicted molar refractivity (Wildman–Crippen MR) is 35.0 cm³/mol. The first-order valence-corrected chi connectivity index (χ1v) is 1.10. The minimum atomic E-state index is -1.75. The second-order valence-electron chi connectivity index (χ2n) is 0.447. The fraction of sp³-hybridized carbons (Fsp3) is 0. The third kappa shape index (κ3) is 1460. The Hall–Kier alpha value is 0.582. The molecule has 0 aliphatic carbocycles. The Bertz CT molecular complexity index is 73.7. The second kappa shape index (κ2) is 16.3. The molecule has 0 aromatic heterocycles. The van der Waals surface area contributed by atoms with Crippen LogP contribution in [0.5, 0.6) is 0 Å². The van der Waals surface area contributed by atoms with Gasteiger partial charge in [-0.3, -0.25) is 0 Å². The molecule has 0 aromatic rings. The molecule has 0 saturated carbocycles. The summed E-state index contributed by atoms with van der Waals surface area (Å²) in [6.07, 6.45) is 0. The first kappa shape index (κ1) is 22.4. The van der Waals surface area contributed by atoms with E-state index in [1.165, 1.54) is 0 Å². The zero-order valence-electron chi connectivity index (χ0n) is 3.84. The molecule has 0 atom stereocenters. The summed E-state index contributed by atoms with van der Waals surface area (Å²) in [6, 6.07) is 0.